The zero-order valence-electron chi connectivity index (χ0n) is 8.32. The predicted octanol–water partition coefficient (Wildman–Crippen LogP) is 1.27. The third kappa shape index (κ3) is 1.74. The molecule has 0 spiro atoms. The van der Waals surface area contributed by atoms with Crippen molar-refractivity contribution < 1.29 is 9.47 Å². The number of hydrogen-bond acceptors (Lipinski definition) is 3. The van der Waals surface area contributed by atoms with E-state index in [1.807, 2.05) is 6.07 Å². The summed E-state index contributed by atoms with van der Waals surface area (Å²) in [7, 11) is 1.66. The van der Waals surface area contributed by atoms with Crippen molar-refractivity contribution >= 4 is 0 Å². The van der Waals surface area contributed by atoms with Gasteiger partial charge in [-0.15, -0.1) is 0 Å². The van der Waals surface area contributed by atoms with Gasteiger partial charge >= 0.3 is 0 Å². The molecule has 1 aromatic carbocycles. The quantitative estimate of drug-likeness (QED) is 0.786. The van der Waals surface area contributed by atoms with Gasteiger partial charge in [0, 0.05) is 13.5 Å². The van der Waals surface area contributed by atoms with E-state index in [4.69, 9.17) is 15.2 Å². The highest BCUT2D eigenvalue weighted by molar-refractivity contribution is 5.41. The van der Waals surface area contributed by atoms with Crippen LogP contribution < -0.4 is 10.5 Å². The largest absolute Gasteiger partial charge is 0.493 e. The Morgan fingerprint density at radius 2 is 2.43 bits per heavy atom. The van der Waals surface area contributed by atoms with Crippen molar-refractivity contribution in [3.05, 3.63) is 29.3 Å². The zero-order valence-corrected chi connectivity index (χ0v) is 8.32. The summed E-state index contributed by atoms with van der Waals surface area (Å²) in [6.07, 6.45) is 1.01. The Kier molecular flexibility index (Phi) is 2.70. The first kappa shape index (κ1) is 9.49. The van der Waals surface area contributed by atoms with Crippen molar-refractivity contribution in [2.75, 3.05) is 20.3 Å². The topological polar surface area (TPSA) is 44.5 Å². The van der Waals surface area contributed by atoms with E-state index in [0.29, 0.717) is 6.61 Å². The molecular weight excluding hydrogens is 178 g/mol. The number of rotatable bonds is 3. The van der Waals surface area contributed by atoms with Crippen molar-refractivity contribution in [2.24, 2.45) is 5.73 Å². The van der Waals surface area contributed by atoms with Crippen LogP contribution in [0.2, 0.25) is 0 Å². The fourth-order valence-corrected chi connectivity index (χ4v) is 1.69. The highest BCUT2D eigenvalue weighted by Gasteiger charge is 2.14. The number of benzene rings is 1. The van der Waals surface area contributed by atoms with E-state index in [0.717, 1.165) is 24.3 Å². The van der Waals surface area contributed by atoms with E-state index in [1.165, 1.54) is 5.56 Å². The molecule has 0 saturated carbocycles. The van der Waals surface area contributed by atoms with Crippen LogP contribution >= 0.6 is 0 Å². The molecule has 0 bridgehead atoms. The van der Waals surface area contributed by atoms with Crippen LogP contribution in [-0.2, 0) is 11.2 Å². The van der Waals surface area contributed by atoms with E-state index in [-0.39, 0.29) is 6.04 Å². The summed E-state index contributed by atoms with van der Waals surface area (Å²) >= 11 is 0. The summed E-state index contributed by atoms with van der Waals surface area (Å²) in [5.74, 6) is 0.981. The smallest absolute Gasteiger partial charge is 0.122 e. The van der Waals surface area contributed by atoms with Crippen LogP contribution in [-0.4, -0.2) is 20.3 Å². The Hall–Kier alpha value is -1.06. The first-order chi connectivity index (χ1) is 6.81. The SMILES string of the molecule is COCC(N)c1ccc2c(c1)OCC2. The maximum Gasteiger partial charge on any atom is 0.122 e. The summed E-state index contributed by atoms with van der Waals surface area (Å²) in [4.78, 5) is 0. The third-order valence-corrected chi connectivity index (χ3v) is 2.49. The minimum absolute atomic E-state index is 0.0606. The summed E-state index contributed by atoms with van der Waals surface area (Å²) in [5.41, 5.74) is 8.27. The van der Waals surface area contributed by atoms with E-state index in [1.54, 1.807) is 7.11 Å². The average Bonchev–Trinajstić information content (AvgIpc) is 2.64. The van der Waals surface area contributed by atoms with E-state index >= 15 is 0 Å². The van der Waals surface area contributed by atoms with Crippen molar-refractivity contribution in [2.45, 2.75) is 12.5 Å². The molecule has 0 amide bonds. The number of fused-ring (bicyclic) bond motifs is 1. The van der Waals surface area contributed by atoms with Gasteiger partial charge in [0.1, 0.15) is 5.75 Å². The monoisotopic (exact) mass is 193 g/mol. The Balaban J connectivity index is 2.19. The Morgan fingerprint density at radius 3 is 3.21 bits per heavy atom. The molecule has 3 heteroatoms. The van der Waals surface area contributed by atoms with Crippen LogP contribution in [0.3, 0.4) is 0 Å². The molecule has 0 aromatic heterocycles. The van der Waals surface area contributed by atoms with Crippen LogP contribution in [0.25, 0.3) is 0 Å². The summed E-state index contributed by atoms with van der Waals surface area (Å²) in [6.45, 7) is 1.33. The zero-order chi connectivity index (χ0) is 9.97. The number of hydrogen-bond donors (Lipinski definition) is 1. The lowest BCUT2D eigenvalue weighted by Gasteiger charge is -2.11. The summed E-state index contributed by atoms with van der Waals surface area (Å²) in [5, 5.41) is 0. The standard InChI is InChI=1S/C11H15NO2/c1-13-7-10(12)9-3-2-8-4-5-14-11(8)6-9/h2-3,6,10H,4-5,7,12H2,1H3. The van der Waals surface area contributed by atoms with Crippen LogP contribution in [0.5, 0.6) is 5.75 Å². The van der Waals surface area contributed by atoms with Gasteiger partial charge in [-0.25, -0.2) is 0 Å². The van der Waals surface area contributed by atoms with Gasteiger partial charge in [-0.05, 0) is 17.2 Å². The molecule has 1 atom stereocenters. The number of methoxy groups -OCH3 is 1. The highest BCUT2D eigenvalue weighted by Crippen LogP contribution is 2.27. The summed E-state index contributed by atoms with van der Waals surface area (Å²) < 4.78 is 10.5. The Bertz CT molecular complexity index is 325. The molecule has 3 nitrogen and oxygen atoms in total. The summed E-state index contributed by atoms with van der Waals surface area (Å²) in [6, 6.07) is 6.10. The maximum absolute atomic E-state index is 5.92. The number of ether oxygens (including phenoxy) is 2. The van der Waals surface area contributed by atoms with Gasteiger partial charge in [-0.1, -0.05) is 12.1 Å². The fraction of sp³-hybridized carbons (Fsp3) is 0.455. The fourth-order valence-electron chi connectivity index (χ4n) is 1.69. The molecule has 1 unspecified atom stereocenters. The minimum atomic E-state index is -0.0606. The molecule has 1 aliphatic rings. The molecule has 0 aliphatic carbocycles. The lowest BCUT2D eigenvalue weighted by Crippen LogP contribution is -2.15. The highest BCUT2D eigenvalue weighted by atomic mass is 16.5. The lowest BCUT2D eigenvalue weighted by molar-refractivity contribution is 0.181. The second-order valence-corrected chi connectivity index (χ2v) is 3.53. The molecule has 2 N–H and O–H groups in total. The minimum Gasteiger partial charge on any atom is -0.493 e. The first-order valence-electron chi connectivity index (χ1n) is 4.81. The van der Waals surface area contributed by atoms with Crippen molar-refractivity contribution in [3.8, 4) is 5.75 Å². The molecule has 0 radical (unpaired) electrons. The van der Waals surface area contributed by atoms with Gasteiger partial charge in [0.15, 0.2) is 0 Å². The van der Waals surface area contributed by atoms with E-state index in [2.05, 4.69) is 12.1 Å². The Morgan fingerprint density at radius 1 is 1.57 bits per heavy atom. The molecule has 14 heavy (non-hydrogen) atoms. The van der Waals surface area contributed by atoms with Crippen LogP contribution in [0.15, 0.2) is 18.2 Å². The molecule has 2 rings (SSSR count). The first-order valence-corrected chi connectivity index (χ1v) is 4.81. The van der Waals surface area contributed by atoms with E-state index < -0.39 is 0 Å². The predicted molar refractivity (Wildman–Crippen MR) is 54.4 cm³/mol. The third-order valence-electron chi connectivity index (χ3n) is 2.49. The van der Waals surface area contributed by atoms with Gasteiger partial charge in [-0.2, -0.15) is 0 Å². The second kappa shape index (κ2) is 3.98. The molecular formula is C11H15NO2. The molecule has 1 heterocycles. The lowest BCUT2D eigenvalue weighted by atomic mass is 10.0. The van der Waals surface area contributed by atoms with Crippen molar-refractivity contribution in [3.63, 3.8) is 0 Å². The van der Waals surface area contributed by atoms with Crippen LogP contribution in [0.1, 0.15) is 17.2 Å². The average molecular weight is 193 g/mol. The normalized spacial score (nSPS) is 16.1. The Labute approximate surface area is 83.8 Å². The van der Waals surface area contributed by atoms with Gasteiger partial charge < -0.3 is 15.2 Å². The van der Waals surface area contributed by atoms with Gasteiger partial charge in [0.05, 0.1) is 19.3 Å². The van der Waals surface area contributed by atoms with Gasteiger partial charge in [0.2, 0.25) is 0 Å². The van der Waals surface area contributed by atoms with Gasteiger partial charge in [0.25, 0.3) is 0 Å². The molecule has 76 valence electrons. The van der Waals surface area contributed by atoms with Crippen molar-refractivity contribution in [1.82, 2.24) is 0 Å². The van der Waals surface area contributed by atoms with Crippen LogP contribution in [0, 0.1) is 0 Å². The number of nitrogens with two attached hydrogens (primary N) is 1. The maximum atomic E-state index is 5.92. The van der Waals surface area contributed by atoms with Crippen molar-refractivity contribution in [1.29, 1.82) is 0 Å². The van der Waals surface area contributed by atoms with E-state index in [9.17, 15) is 0 Å². The van der Waals surface area contributed by atoms with Crippen LogP contribution in [0.4, 0.5) is 0 Å². The molecule has 0 fully saturated rings. The van der Waals surface area contributed by atoms with Gasteiger partial charge in [-0.3, -0.25) is 0 Å². The second-order valence-electron chi connectivity index (χ2n) is 3.53. The molecule has 0 saturated heterocycles. The molecule has 1 aliphatic heterocycles. The molecule has 1 aromatic rings.